The highest BCUT2D eigenvalue weighted by Gasteiger charge is 2.08. The molecule has 1 amide bonds. The molecule has 0 radical (unpaired) electrons. The maximum absolute atomic E-state index is 12.0. The molecule has 0 spiro atoms. The number of anilines is 1. The first-order valence-corrected chi connectivity index (χ1v) is 7.68. The number of aryl methyl sites for hydroxylation is 2. The molecule has 0 heterocycles. The predicted octanol–water partition coefficient (Wildman–Crippen LogP) is 3.58. The maximum Gasteiger partial charge on any atom is 0.262 e. The Morgan fingerprint density at radius 3 is 2.50 bits per heavy atom. The van der Waals surface area contributed by atoms with Gasteiger partial charge in [-0.2, -0.15) is 0 Å². The van der Waals surface area contributed by atoms with Crippen molar-refractivity contribution in [2.45, 2.75) is 20.5 Å². The van der Waals surface area contributed by atoms with E-state index in [0.29, 0.717) is 17.0 Å². The van der Waals surface area contributed by atoms with Gasteiger partial charge in [0.25, 0.3) is 5.91 Å². The number of benzene rings is 2. The van der Waals surface area contributed by atoms with Crippen LogP contribution in [-0.2, 0) is 11.4 Å². The van der Waals surface area contributed by atoms with Gasteiger partial charge in [-0.1, -0.05) is 34.1 Å². The van der Waals surface area contributed by atoms with Crippen LogP contribution in [0.15, 0.2) is 40.9 Å². The molecule has 4 nitrogen and oxygen atoms in total. The molecule has 0 saturated heterocycles. The summed E-state index contributed by atoms with van der Waals surface area (Å²) in [5.74, 6) is 0.392. The molecule has 0 saturated carbocycles. The van der Waals surface area contributed by atoms with Crippen LogP contribution in [0.5, 0.6) is 5.75 Å². The van der Waals surface area contributed by atoms with Crippen molar-refractivity contribution in [3.63, 3.8) is 0 Å². The number of para-hydroxylation sites is 1. The van der Waals surface area contributed by atoms with Crippen LogP contribution in [0.1, 0.15) is 16.7 Å². The second kappa shape index (κ2) is 7.42. The summed E-state index contributed by atoms with van der Waals surface area (Å²) in [4.78, 5) is 12.0. The van der Waals surface area contributed by atoms with E-state index in [0.717, 1.165) is 15.6 Å². The second-order valence-corrected chi connectivity index (χ2v) is 5.82. The molecule has 2 aromatic carbocycles. The Hall–Kier alpha value is -1.85. The summed E-state index contributed by atoms with van der Waals surface area (Å²) in [5.41, 5.74) is 3.38. The van der Waals surface area contributed by atoms with Crippen LogP contribution in [0.4, 0.5) is 5.69 Å². The van der Waals surface area contributed by atoms with Crippen LogP contribution in [0, 0.1) is 13.8 Å². The summed E-state index contributed by atoms with van der Waals surface area (Å²) in [5, 5.41) is 12.0. The molecule has 0 bridgehead atoms. The number of hydrogen-bond donors (Lipinski definition) is 2. The van der Waals surface area contributed by atoms with Gasteiger partial charge in [-0.3, -0.25) is 4.79 Å². The van der Waals surface area contributed by atoms with Gasteiger partial charge in [0.2, 0.25) is 0 Å². The largest absolute Gasteiger partial charge is 0.484 e. The standard InChI is InChI=1S/C17H18BrNO3/c1-11-7-14(8-12(2)17(11)18)22-10-16(21)19-15-6-4-3-5-13(15)9-20/h3-8,20H,9-10H2,1-2H3,(H,19,21). The van der Waals surface area contributed by atoms with Gasteiger partial charge in [0.05, 0.1) is 6.61 Å². The van der Waals surface area contributed by atoms with Crippen LogP contribution in [0.25, 0.3) is 0 Å². The van der Waals surface area contributed by atoms with E-state index in [9.17, 15) is 9.90 Å². The molecule has 0 aliphatic heterocycles. The van der Waals surface area contributed by atoms with Gasteiger partial charge in [-0.05, 0) is 43.2 Å². The molecule has 0 aromatic heterocycles. The normalized spacial score (nSPS) is 10.4. The minimum atomic E-state index is -0.265. The van der Waals surface area contributed by atoms with E-state index in [1.807, 2.05) is 32.0 Å². The van der Waals surface area contributed by atoms with Gasteiger partial charge >= 0.3 is 0 Å². The van der Waals surface area contributed by atoms with Crippen molar-refractivity contribution in [1.82, 2.24) is 0 Å². The van der Waals surface area contributed by atoms with Crippen molar-refractivity contribution in [3.05, 3.63) is 57.6 Å². The number of aliphatic hydroxyl groups is 1. The second-order valence-electron chi connectivity index (χ2n) is 5.02. The molecule has 116 valence electrons. The van der Waals surface area contributed by atoms with E-state index in [-0.39, 0.29) is 19.1 Å². The fraction of sp³-hybridized carbons (Fsp3) is 0.235. The zero-order valence-electron chi connectivity index (χ0n) is 12.5. The third-order valence-electron chi connectivity index (χ3n) is 3.24. The number of aliphatic hydroxyl groups excluding tert-OH is 1. The lowest BCUT2D eigenvalue weighted by Gasteiger charge is -2.12. The lowest BCUT2D eigenvalue weighted by atomic mass is 10.1. The lowest BCUT2D eigenvalue weighted by Crippen LogP contribution is -2.21. The van der Waals surface area contributed by atoms with Gasteiger partial charge in [0.15, 0.2) is 6.61 Å². The summed E-state index contributed by atoms with van der Waals surface area (Å²) in [6, 6.07) is 10.9. The molecule has 0 aliphatic carbocycles. The van der Waals surface area contributed by atoms with Gasteiger partial charge in [0.1, 0.15) is 5.75 Å². The molecule has 0 unspecified atom stereocenters. The molecular weight excluding hydrogens is 346 g/mol. The molecule has 2 rings (SSSR count). The molecule has 0 aliphatic rings. The lowest BCUT2D eigenvalue weighted by molar-refractivity contribution is -0.118. The molecule has 0 atom stereocenters. The molecular formula is C17H18BrNO3. The van der Waals surface area contributed by atoms with Crippen molar-refractivity contribution in [1.29, 1.82) is 0 Å². The summed E-state index contributed by atoms with van der Waals surface area (Å²) in [6.07, 6.45) is 0. The zero-order chi connectivity index (χ0) is 16.1. The predicted molar refractivity (Wildman–Crippen MR) is 90.1 cm³/mol. The quantitative estimate of drug-likeness (QED) is 0.853. The fourth-order valence-corrected chi connectivity index (χ4v) is 2.33. The van der Waals surface area contributed by atoms with Crippen LogP contribution in [0.3, 0.4) is 0 Å². The van der Waals surface area contributed by atoms with Gasteiger partial charge in [0, 0.05) is 15.7 Å². The SMILES string of the molecule is Cc1cc(OCC(=O)Nc2ccccc2CO)cc(C)c1Br. The Labute approximate surface area is 138 Å². The monoisotopic (exact) mass is 363 g/mol. The van der Waals surface area contributed by atoms with E-state index in [4.69, 9.17) is 4.74 Å². The minimum absolute atomic E-state index is 0.0831. The highest BCUT2D eigenvalue weighted by atomic mass is 79.9. The van der Waals surface area contributed by atoms with Gasteiger partial charge < -0.3 is 15.2 Å². The topological polar surface area (TPSA) is 58.6 Å². The Balaban J connectivity index is 1.98. The Kier molecular flexibility index (Phi) is 5.57. The Morgan fingerprint density at radius 1 is 1.23 bits per heavy atom. The van der Waals surface area contributed by atoms with Crippen molar-refractivity contribution < 1.29 is 14.6 Å². The number of amides is 1. The smallest absolute Gasteiger partial charge is 0.262 e. The number of nitrogens with one attached hydrogen (secondary N) is 1. The molecule has 0 fully saturated rings. The number of rotatable bonds is 5. The Bertz CT molecular complexity index is 662. The van der Waals surface area contributed by atoms with Gasteiger partial charge in [-0.15, -0.1) is 0 Å². The number of hydrogen-bond acceptors (Lipinski definition) is 3. The maximum atomic E-state index is 12.0. The zero-order valence-corrected chi connectivity index (χ0v) is 14.1. The first-order valence-electron chi connectivity index (χ1n) is 6.89. The van der Waals surface area contributed by atoms with Crippen molar-refractivity contribution >= 4 is 27.5 Å². The minimum Gasteiger partial charge on any atom is -0.484 e. The third-order valence-corrected chi connectivity index (χ3v) is 4.49. The highest BCUT2D eigenvalue weighted by molar-refractivity contribution is 9.10. The first-order chi connectivity index (χ1) is 10.5. The van der Waals surface area contributed by atoms with E-state index < -0.39 is 0 Å². The molecule has 22 heavy (non-hydrogen) atoms. The fourth-order valence-electron chi connectivity index (χ4n) is 2.10. The summed E-state index contributed by atoms with van der Waals surface area (Å²) in [6.45, 7) is 3.74. The van der Waals surface area contributed by atoms with Crippen LogP contribution in [0.2, 0.25) is 0 Å². The van der Waals surface area contributed by atoms with Crippen molar-refractivity contribution in [3.8, 4) is 5.75 Å². The summed E-state index contributed by atoms with van der Waals surface area (Å²) >= 11 is 3.49. The molecule has 5 heteroatoms. The number of carbonyl (C=O) groups is 1. The van der Waals surface area contributed by atoms with E-state index in [1.54, 1.807) is 18.2 Å². The molecule has 2 N–H and O–H groups in total. The van der Waals surface area contributed by atoms with E-state index in [1.165, 1.54) is 0 Å². The first kappa shape index (κ1) is 16.5. The number of halogens is 1. The van der Waals surface area contributed by atoms with Crippen LogP contribution < -0.4 is 10.1 Å². The highest BCUT2D eigenvalue weighted by Crippen LogP contribution is 2.26. The van der Waals surface area contributed by atoms with Crippen LogP contribution >= 0.6 is 15.9 Å². The van der Waals surface area contributed by atoms with Crippen molar-refractivity contribution in [2.24, 2.45) is 0 Å². The average Bonchev–Trinajstić information content (AvgIpc) is 2.51. The average molecular weight is 364 g/mol. The van der Waals surface area contributed by atoms with E-state index in [2.05, 4.69) is 21.2 Å². The van der Waals surface area contributed by atoms with Crippen LogP contribution in [-0.4, -0.2) is 17.6 Å². The van der Waals surface area contributed by atoms with E-state index >= 15 is 0 Å². The number of ether oxygens (including phenoxy) is 1. The van der Waals surface area contributed by atoms with Gasteiger partial charge in [-0.25, -0.2) is 0 Å². The Morgan fingerprint density at radius 2 is 1.86 bits per heavy atom. The molecule has 2 aromatic rings. The number of carbonyl (C=O) groups excluding carboxylic acids is 1. The van der Waals surface area contributed by atoms with Crippen molar-refractivity contribution in [2.75, 3.05) is 11.9 Å². The summed E-state index contributed by atoms with van der Waals surface area (Å²) in [7, 11) is 0. The third kappa shape index (κ3) is 4.08. The summed E-state index contributed by atoms with van der Waals surface area (Å²) < 4.78 is 6.58.